The molecular formula is C26H27N3O4. The van der Waals surface area contributed by atoms with Gasteiger partial charge in [-0.05, 0) is 48.0 Å². The Morgan fingerprint density at radius 2 is 1.58 bits per heavy atom. The van der Waals surface area contributed by atoms with Crippen molar-refractivity contribution < 1.29 is 19.4 Å². The van der Waals surface area contributed by atoms with Crippen molar-refractivity contribution in [1.29, 1.82) is 0 Å². The van der Waals surface area contributed by atoms with Crippen LogP contribution in [-0.2, 0) is 9.53 Å². The summed E-state index contributed by atoms with van der Waals surface area (Å²) in [6.45, 7) is 3.70. The number of nitrogens with one attached hydrogen (secondary N) is 2. The first-order valence-electron chi connectivity index (χ1n) is 10.4. The fourth-order valence-corrected chi connectivity index (χ4v) is 3.24. The predicted molar refractivity (Wildman–Crippen MR) is 130 cm³/mol. The van der Waals surface area contributed by atoms with Gasteiger partial charge in [0.05, 0.1) is 11.4 Å². The SMILES string of the molecule is CC(C)(/C=C/C(=O)Nc1ccccc1N)[C@H](OC(=O)Nc1ccccc1)c1ccc(O)cc1. The molecule has 0 bridgehead atoms. The molecule has 3 aromatic carbocycles. The van der Waals surface area contributed by atoms with Crippen LogP contribution in [0.1, 0.15) is 25.5 Å². The van der Waals surface area contributed by atoms with E-state index >= 15 is 0 Å². The molecule has 1 atom stereocenters. The van der Waals surface area contributed by atoms with Crippen LogP contribution in [0.2, 0.25) is 0 Å². The number of amides is 2. The lowest BCUT2D eigenvalue weighted by Crippen LogP contribution is -2.28. The highest BCUT2D eigenvalue weighted by Crippen LogP contribution is 2.38. The number of aromatic hydroxyl groups is 1. The van der Waals surface area contributed by atoms with E-state index in [2.05, 4.69) is 10.6 Å². The van der Waals surface area contributed by atoms with E-state index in [9.17, 15) is 14.7 Å². The highest BCUT2D eigenvalue weighted by molar-refractivity contribution is 6.01. The number of carbonyl (C=O) groups is 2. The van der Waals surface area contributed by atoms with Gasteiger partial charge in [-0.2, -0.15) is 0 Å². The summed E-state index contributed by atoms with van der Waals surface area (Å²) in [4.78, 5) is 25.1. The van der Waals surface area contributed by atoms with Crippen LogP contribution in [0.3, 0.4) is 0 Å². The fourth-order valence-electron chi connectivity index (χ4n) is 3.24. The third kappa shape index (κ3) is 6.61. The standard InChI is InChI=1S/C26H27N3O4/c1-26(2,17-16-23(31)29-22-11-7-6-10-21(22)27)24(18-12-14-20(30)15-13-18)33-25(32)28-19-8-4-3-5-9-19/h3-17,24,30H,27H2,1-2H3,(H,28,32)(H,29,31)/b17-16+/t24-/m1/s1. The Balaban J connectivity index is 1.79. The van der Waals surface area contributed by atoms with Crippen molar-refractivity contribution in [1.82, 2.24) is 0 Å². The Morgan fingerprint density at radius 3 is 2.24 bits per heavy atom. The lowest BCUT2D eigenvalue weighted by atomic mass is 9.82. The van der Waals surface area contributed by atoms with E-state index in [1.165, 1.54) is 18.2 Å². The topological polar surface area (TPSA) is 114 Å². The van der Waals surface area contributed by atoms with Crippen molar-refractivity contribution in [3.8, 4) is 5.75 Å². The molecule has 170 valence electrons. The molecule has 0 aromatic heterocycles. The normalized spacial score (nSPS) is 12.2. The van der Waals surface area contributed by atoms with Crippen molar-refractivity contribution in [2.45, 2.75) is 20.0 Å². The number of ether oxygens (including phenoxy) is 1. The number of phenolic OH excluding ortho intramolecular Hbond substituents is 1. The van der Waals surface area contributed by atoms with E-state index in [1.54, 1.807) is 66.7 Å². The minimum absolute atomic E-state index is 0.0967. The van der Waals surface area contributed by atoms with Gasteiger partial charge in [0, 0.05) is 11.1 Å². The largest absolute Gasteiger partial charge is 0.508 e. The van der Waals surface area contributed by atoms with Crippen molar-refractivity contribution in [3.63, 3.8) is 0 Å². The number of rotatable bonds is 7. The Labute approximate surface area is 192 Å². The molecule has 7 heteroatoms. The average molecular weight is 446 g/mol. The first kappa shape index (κ1) is 23.4. The molecule has 7 nitrogen and oxygen atoms in total. The van der Waals surface area contributed by atoms with E-state index in [0.717, 1.165) is 0 Å². The summed E-state index contributed by atoms with van der Waals surface area (Å²) in [5, 5.41) is 15.1. The summed E-state index contributed by atoms with van der Waals surface area (Å²) in [5.41, 5.74) is 7.34. The Kier molecular flexibility index (Phi) is 7.35. The lowest BCUT2D eigenvalue weighted by molar-refractivity contribution is -0.112. The van der Waals surface area contributed by atoms with Gasteiger partial charge in [-0.15, -0.1) is 0 Å². The first-order chi connectivity index (χ1) is 15.7. The lowest BCUT2D eigenvalue weighted by Gasteiger charge is -2.31. The van der Waals surface area contributed by atoms with E-state index in [-0.39, 0.29) is 11.7 Å². The predicted octanol–water partition coefficient (Wildman–Crippen LogP) is 5.49. The van der Waals surface area contributed by atoms with Gasteiger partial charge in [0.1, 0.15) is 11.9 Å². The smallest absolute Gasteiger partial charge is 0.412 e. The molecule has 3 aromatic rings. The summed E-state index contributed by atoms with van der Waals surface area (Å²) < 4.78 is 5.78. The van der Waals surface area contributed by atoms with Crippen LogP contribution in [0.15, 0.2) is 91.0 Å². The van der Waals surface area contributed by atoms with Gasteiger partial charge in [-0.3, -0.25) is 10.1 Å². The van der Waals surface area contributed by atoms with Gasteiger partial charge >= 0.3 is 6.09 Å². The summed E-state index contributed by atoms with van der Waals surface area (Å²) in [7, 11) is 0. The van der Waals surface area contributed by atoms with Crippen molar-refractivity contribution in [3.05, 3.63) is 96.6 Å². The van der Waals surface area contributed by atoms with E-state index in [0.29, 0.717) is 22.6 Å². The molecule has 33 heavy (non-hydrogen) atoms. The van der Waals surface area contributed by atoms with E-state index < -0.39 is 17.6 Å². The quantitative estimate of drug-likeness (QED) is 0.284. The molecule has 2 amide bonds. The Hall–Kier alpha value is -4.26. The molecule has 0 fully saturated rings. The third-order valence-corrected chi connectivity index (χ3v) is 5.00. The molecule has 0 spiro atoms. The van der Waals surface area contributed by atoms with Crippen molar-refractivity contribution in [2.24, 2.45) is 5.41 Å². The van der Waals surface area contributed by atoms with Gasteiger partial charge < -0.3 is 20.9 Å². The van der Waals surface area contributed by atoms with Crippen molar-refractivity contribution >= 4 is 29.1 Å². The molecule has 0 radical (unpaired) electrons. The zero-order valence-electron chi connectivity index (χ0n) is 18.5. The molecule has 5 N–H and O–H groups in total. The number of para-hydroxylation sites is 3. The van der Waals surface area contributed by atoms with Crippen LogP contribution in [-0.4, -0.2) is 17.1 Å². The highest BCUT2D eigenvalue weighted by Gasteiger charge is 2.32. The molecule has 0 aliphatic carbocycles. The molecule has 0 heterocycles. The van der Waals surface area contributed by atoms with Gasteiger partial charge in [-0.1, -0.05) is 62.4 Å². The second-order valence-electron chi connectivity index (χ2n) is 8.10. The van der Waals surface area contributed by atoms with Gasteiger partial charge in [-0.25, -0.2) is 4.79 Å². The molecular weight excluding hydrogens is 418 g/mol. The van der Waals surface area contributed by atoms with Gasteiger partial charge in [0.2, 0.25) is 5.91 Å². The fraction of sp³-hybridized carbons (Fsp3) is 0.154. The second kappa shape index (κ2) is 10.4. The minimum atomic E-state index is -0.773. The monoisotopic (exact) mass is 445 g/mol. The maximum Gasteiger partial charge on any atom is 0.412 e. The summed E-state index contributed by atoms with van der Waals surface area (Å²) in [6.07, 6.45) is 1.68. The van der Waals surface area contributed by atoms with Crippen LogP contribution in [0, 0.1) is 5.41 Å². The Bertz CT molecular complexity index is 1130. The average Bonchev–Trinajstić information content (AvgIpc) is 2.79. The third-order valence-electron chi connectivity index (χ3n) is 5.00. The molecule has 0 aliphatic heterocycles. The number of anilines is 3. The maximum absolute atomic E-state index is 12.6. The molecule has 0 aliphatic rings. The van der Waals surface area contributed by atoms with Crippen LogP contribution < -0.4 is 16.4 Å². The zero-order chi connectivity index (χ0) is 23.8. The number of carbonyl (C=O) groups excluding carboxylic acids is 2. The minimum Gasteiger partial charge on any atom is -0.508 e. The number of nitrogens with two attached hydrogens (primary N) is 1. The molecule has 0 saturated heterocycles. The molecule has 3 rings (SSSR count). The number of hydrogen-bond donors (Lipinski definition) is 4. The second-order valence-corrected chi connectivity index (χ2v) is 8.10. The summed E-state index contributed by atoms with van der Waals surface area (Å²) >= 11 is 0. The van der Waals surface area contributed by atoms with Gasteiger partial charge in [0.15, 0.2) is 0 Å². The summed E-state index contributed by atoms with van der Waals surface area (Å²) in [5.74, 6) is -0.265. The molecule has 0 saturated carbocycles. The van der Waals surface area contributed by atoms with E-state index in [1.807, 2.05) is 19.9 Å². The van der Waals surface area contributed by atoms with Crippen LogP contribution in [0.25, 0.3) is 0 Å². The zero-order valence-corrected chi connectivity index (χ0v) is 18.5. The van der Waals surface area contributed by atoms with Crippen LogP contribution in [0.5, 0.6) is 5.75 Å². The number of nitrogen functional groups attached to an aromatic ring is 1. The maximum atomic E-state index is 12.6. The number of hydrogen-bond acceptors (Lipinski definition) is 5. The first-order valence-corrected chi connectivity index (χ1v) is 10.4. The summed E-state index contributed by atoms with van der Waals surface area (Å²) in [6, 6.07) is 22.3. The van der Waals surface area contributed by atoms with Gasteiger partial charge in [0.25, 0.3) is 0 Å². The number of benzene rings is 3. The van der Waals surface area contributed by atoms with E-state index in [4.69, 9.17) is 10.5 Å². The van der Waals surface area contributed by atoms with Crippen LogP contribution in [0.4, 0.5) is 21.9 Å². The Morgan fingerprint density at radius 1 is 0.939 bits per heavy atom. The number of phenols is 1. The highest BCUT2D eigenvalue weighted by atomic mass is 16.6. The van der Waals surface area contributed by atoms with Crippen molar-refractivity contribution in [2.75, 3.05) is 16.4 Å². The van der Waals surface area contributed by atoms with Crippen LogP contribution >= 0.6 is 0 Å². The molecule has 0 unspecified atom stereocenters.